The van der Waals surface area contributed by atoms with E-state index in [0.29, 0.717) is 5.92 Å². The number of methoxy groups -OCH3 is 1. The summed E-state index contributed by atoms with van der Waals surface area (Å²) in [7, 11) is 1.70. The molecule has 0 aliphatic carbocycles. The van der Waals surface area contributed by atoms with Gasteiger partial charge in [0.2, 0.25) is 0 Å². The average molecular weight is 298 g/mol. The summed E-state index contributed by atoms with van der Waals surface area (Å²) in [4.78, 5) is 9.31. The lowest BCUT2D eigenvalue weighted by atomic mass is 10.0. The van der Waals surface area contributed by atoms with Crippen LogP contribution < -0.4 is 4.74 Å². The van der Waals surface area contributed by atoms with Crippen LogP contribution in [-0.4, -0.2) is 17.1 Å². The summed E-state index contributed by atoms with van der Waals surface area (Å²) < 4.78 is 5.49. The van der Waals surface area contributed by atoms with Gasteiger partial charge in [0, 0.05) is 22.5 Å². The molecule has 21 heavy (non-hydrogen) atoms. The van der Waals surface area contributed by atoms with Gasteiger partial charge in [0.1, 0.15) is 10.8 Å². The van der Waals surface area contributed by atoms with Crippen LogP contribution in [0.5, 0.6) is 5.75 Å². The van der Waals surface area contributed by atoms with Crippen LogP contribution in [-0.2, 0) is 0 Å². The topological polar surface area (TPSA) is 35.0 Å². The number of aromatic nitrogens is 2. The van der Waals surface area contributed by atoms with Crippen LogP contribution in [0.4, 0.5) is 0 Å². The number of benzene rings is 1. The van der Waals surface area contributed by atoms with E-state index < -0.39 is 0 Å². The highest BCUT2D eigenvalue weighted by Crippen LogP contribution is 2.35. The van der Waals surface area contributed by atoms with Crippen molar-refractivity contribution in [2.45, 2.75) is 26.7 Å². The molecule has 0 saturated carbocycles. The first-order valence-electron chi connectivity index (χ1n) is 7.00. The number of thiazole rings is 1. The van der Waals surface area contributed by atoms with Crippen LogP contribution in [0.15, 0.2) is 29.8 Å². The van der Waals surface area contributed by atoms with Crippen LogP contribution >= 0.6 is 11.3 Å². The Morgan fingerprint density at radius 3 is 2.71 bits per heavy atom. The quantitative estimate of drug-likeness (QED) is 0.696. The fraction of sp³-hybridized carbons (Fsp3) is 0.294. The smallest absolute Gasteiger partial charge is 0.128 e. The maximum atomic E-state index is 5.49. The first-order valence-corrected chi connectivity index (χ1v) is 7.88. The third kappa shape index (κ3) is 2.40. The van der Waals surface area contributed by atoms with Crippen molar-refractivity contribution in [2.24, 2.45) is 0 Å². The second kappa shape index (κ2) is 5.45. The van der Waals surface area contributed by atoms with E-state index in [9.17, 15) is 0 Å². The Balaban J connectivity index is 2.21. The van der Waals surface area contributed by atoms with E-state index in [1.54, 1.807) is 18.4 Å². The van der Waals surface area contributed by atoms with Gasteiger partial charge in [-0.05, 0) is 30.5 Å². The van der Waals surface area contributed by atoms with Crippen LogP contribution in [0.2, 0.25) is 0 Å². The molecule has 0 atom stereocenters. The molecule has 3 nitrogen and oxygen atoms in total. The second-order valence-corrected chi connectivity index (χ2v) is 6.24. The van der Waals surface area contributed by atoms with E-state index in [1.807, 2.05) is 24.4 Å². The number of ether oxygens (including phenoxy) is 1. The molecule has 0 bridgehead atoms. The zero-order chi connectivity index (χ0) is 15.0. The van der Waals surface area contributed by atoms with Gasteiger partial charge in [-0.3, -0.25) is 4.98 Å². The number of pyridine rings is 1. The molecule has 0 aliphatic rings. The fourth-order valence-electron chi connectivity index (χ4n) is 2.43. The Morgan fingerprint density at radius 1 is 1.24 bits per heavy atom. The van der Waals surface area contributed by atoms with Gasteiger partial charge in [-0.1, -0.05) is 19.9 Å². The molecule has 0 aliphatic heterocycles. The van der Waals surface area contributed by atoms with Crippen molar-refractivity contribution >= 4 is 22.2 Å². The minimum Gasteiger partial charge on any atom is -0.496 e. The van der Waals surface area contributed by atoms with Crippen LogP contribution in [0.1, 0.15) is 31.0 Å². The van der Waals surface area contributed by atoms with Crippen molar-refractivity contribution in [2.75, 3.05) is 7.11 Å². The molecule has 0 saturated heterocycles. The highest BCUT2D eigenvalue weighted by Gasteiger charge is 2.14. The van der Waals surface area contributed by atoms with Gasteiger partial charge < -0.3 is 4.74 Å². The van der Waals surface area contributed by atoms with Crippen molar-refractivity contribution in [3.05, 3.63) is 41.0 Å². The van der Waals surface area contributed by atoms with Gasteiger partial charge in [0.25, 0.3) is 0 Å². The van der Waals surface area contributed by atoms with Gasteiger partial charge >= 0.3 is 0 Å². The van der Waals surface area contributed by atoms with Crippen LogP contribution in [0.3, 0.4) is 0 Å². The molecular weight excluding hydrogens is 280 g/mol. The van der Waals surface area contributed by atoms with Gasteiger partial charge in [-0.25, -0.2) is 4.98 Å². The van der Waals surface area contributed by atoms with E-state index in [4.69, 9.17) is 9.72 Å². The normalized spacial score (nSPS) is 11.3. The van der Waals surface area contributed by atoms with Gasteiger partial charge in [0.05, 0.1) is 18.3 Å². The molecule has 108 valence electrons. The lowest BCUT2D eigenvalue weighted by Gasteiger charge is -2.10. The summed E-state index contributed by atoms with van der Waals surface area (Å²) >= 11 is 1.68. The molecule has 4 heteroatoms. The monoisotopic (exact) mass is 298 g/mol. The lowest BCUT2D eigenvalue weighted by molar-refractivity contribution is 0.419. The largest absolute Gasteiger partial charge is 0.496 e. The van der Waals surface area contributed by atoms with Crippen molar-refractivity contribution < 1.29 is 4.74 Å². The number of rotatable bonds is 3. The Kier molecular flexibility index (Phi) is 3.64. The molecule has 0 spiro atoms. The number of hydrogen-bond donors (Lipinski definition) is 0. The summed E-state index contributed by atoms with van der Waals surface area (Å²) in [6, 6.07) is 5.95. The maximum Gasteiger partial charge on any atom is 0.128 e. The Labute approximate surface area is 128 Å². The molecule has 0 fully saturated rings. The SMILES string of the molecule is COc1cccc2ncc(-c3nc(C(C)C)cs3)c(C)c12. The zero-order valence-corrected chi connectivity index (χ0v) is 13.5. The molecule has 0 radical (unpaired) electrons. The van der Waals surface area contributed by atoms with E-state index in [1.165, 1.54) is 5.56 Å². The lowest BCUT2D eigenvalue weighted by Crippen LogP contribution is -1.93. The third-order valence-electron chi connectivity index (χ3n) is 3.68. The first-order chi connectivity index (χ1) is 10.1. The van der Waals surface area contributed by atoms with Crippen LogP contribution in [0, 0.1) is 6.92 Å². The van der Waals surface area contributed by atoms with Crippen molar-refractivity contribution in [1.29, 1.82) is 0 Å². The average Bonchev–Trinajstić information content (AvgIpc) is 2.97. The molecule has 3 rings (SSSR count). The summed E-state index contributed by atoms with van der Waals surface area (Å²) in [5.41, 5.74) is 4.34. The summed E-state index contributed by atoms with van der Waals surface area (Å²) in [6.45, 7) is 6.43. The maximum absolute atomic E-state index is 5.49. The Morgan fingerprint density at radius 2 is 2.05 bits per heavy atom. The van der Waals surface area contributed by atoms with E-state index in [-0.39, 0.29) is 0 Å². The number of fused-ring (bicyclic) bond motifs is 1. The van der Waals surface area contributed by atoms with Crippen LogP contribution in [0.25, 0.3) is 21.5 Å². The zero-order valence-electron chi connectivity index (χ0n) is 12.7. The molecule has 1 aromatic carbocycles. The minimum atomic E-state index is 0.443. The molecule has 0 N–H and O–H groups in total. The number of nitrogens with zero attached hydrogens (tertiary/aromatic N) is 2. The number of hydrogen-bond acceptors (Lipinski definition) is 4. The first kappa shape index (κ1) is 14.0. The summed E-state index contributed by atoms with van der Waals surface area (Å²) in [5.74, 6) is 1.30. The predicted molar refractivity (Wildman–Crippen MR) is 88.2 cm³/mol. The van der Waals surface area contributed by atoms with Gasteiger partial charge in [-0.15, -0.1) is 11.3 Å². The van der Waals surface area contributed by atoms with E-state index >= 15 is 0 Å². The molecule has 0 amide bonds. The molecule has 0 unspecified atom stereocenters. The summed E-state index contributed by atoms with van der Waals surface area (Å²) in [5, 5.41) is 4.22. The third-order valence-corrected chi connectivity index (χ3v) is 4.57. The fourth-order valence-corrected chi connectivity index (χ4v) is 3.48. The van der Waals surface area contributed by atoms with Crippen molar-refractivity contribution in [3.63, 3.8) is 0 Å². The Bertz CT molecular complexity index is 793. The van der Waals surface area contributed by atoms with Crippen molar-refractivity contribution in [3.8, 4) is 16.3 Å². The summed E-state index contributed by atoms with van der Waals surface area (Å²) in [6.07, 6.45) is 1.92. The highest BCUT2D eigenvalue weighted by atomic mass is 32.1. The standard InChI is InChI=1S/C17H18N2OS/c1-10(2)14-9-21-17(19-14)12-8-18-13-6-5-7-15(20-4)16(13)11(12)3/h5-10H,1-4H3. The molecule has 3 aromatic rings. The minimum absolute atomic E-state index is 0.443. The second-order valence-electron chi connectivity index (χ2n) is 5.38. The van der Waals surface area contributed by atoms with Crippen molar-refractivity contribution in [1.82, 2.24) is 9.97 Å². The van der Waals surface area contributed by atoms with Gasteiger partial charge in [0.15, 0.2) is 0 Å². The van der Waals surface area contributed by atoms with E-state index in [2.05, 4.69) is 31.1 Å². The number of aryl methyl sites for hydroxylation is 1. The molecular formula is C17H18N2OS. The Hall–Kier alpha value is -1.94. The molecule has 2 aromatic heterocycles. The van der Waals surface area contributed by atoms with Gasteiger partial charge in [-0.2, -0.15) is 0 Å². The predicted octanol–water partition coefficient (Wildman–Crippen LogP) is 4.80. The highest BCUT2D eigenvalue weighted by molar-refractivity contribution is 7.13. The van der Waals surface area contributed by atoms with E-state index in [0.717, 1.165) is 32.9 Å². The molecule has 2 heterocycles.